The number of aliphatic carboxylic acids is 1. The van der Waals surface area contributed by atoms with E-state index in [9.17, 15) is 27.5 Å². The number of carbonyl (C=O) groups excluding carboxylic acids is 1. The van der Waals surface area contributed by atoms with Crippen molar-refractivity contribution >= 4 is 21.9 Å². The van der Waals surface area contributed by atoms with E-state index in [-0.39, 0.29) is 4.90 Å². The molecule has 0 bridgehead atoms. The van der Waals surface area contributed by atoms with Crippen LogP contribution in [0.2, 0.25) is 0 Å². The predicted molar refractivity (Wildman–Crippen MR) is 83.2 cm³/mol. The molecule has 1 aromatic rings. The van der Waals surface area contributed by atoms with Gasteiger partial charge in [0, 0.05) is 0 Å². The van der Waals surface area contributed by atoms with E-state index in [1.165, 1.54) is 6.92 Å². The van der Waals surface area contributed by atoms with Crippen LogP contribution in [0.15, 0.2) is 29.2 Å². The number of carbonyl (C=O) groups is 2. The van der Waals surface area contributed by atoms with Crippen molar-refractivity contribution in [3.63, 3.8) is 0 Å². The average molecular weight is 358 g/mol. The molecule has 1 aromatic carbocycles. The standard InChI is InChI=1S/C15H19FN2O5S/c1-10(13(19)17-15(14(20)21)8-2-3-9-15)18-24(22,23)12-6-4-11(16)5-7-12/h4-7,10,18H,2-3,8-9H2,1H3,(H,17,19)(H,20,21)/t10-/m0/s1. The highest BCUT2D eigenvalue weighted by Gasteiger charge is 2.43. The lowest BCUT2D eigenvalue weighted by Crippen LogP contribution is -2.57. The quantitative estimate of drug-likeness (QED) is 0.702. The van der Waals surface area contributed by atoms with Crippen molar-refractivity contribution in [3.05, 3.63) is 30.1 Å². The van der Waals surface area contributed by atoms with Gasteiger partial charge >= 0.3 is 5.97 Å². The fourth-order valence-electron chi connectivity index (χ4n) is 2.68. The zero-order valence-electron chi connectivity index (χ0n) is 13.1. The van der Waals surface area contributed by atoms with Crippen LogP contribution in [0.3, 0.4) is 0 Å². The largest absolute Gasteiger partial charge is 0.480 e. The molecule has 0 aliphatic heterocycles. The Balaban J connectivity index is 2.08. The number of amides is 1. The second kappa shape index (κ2) is 6.86. The van der Waals surface area contributed by atoms with Crippen LogP contribution in [0.25, 0.3) is 0 Å². The average Bonchev–Trinajstić information content (AvgIpc) is 2.97. The lowest BCUT2D eigenvalue weighted by atomic mass is 9.97. The van der Waals surface area contributed by atoms with E-state index in [1.807, 2.05) is 0 Å². The Hall–Kier alpha value is -2.00. The van der Waals surface area contributed by atoms with Crippen molar-refractivity contribution in [1.82, 2.24) is 10.0 Å². The Bertz CT molecular complexity index is 727. The molecule has 1 saturated carbocycles. The summed E-state index contributed by atoms with van der Waals surface area (Å²) in [6.45, 7) is 1.32. The lowest BCUT2D eigenvalue weighted by molar-refractivity contribution is -0.147. The van der Waals surface area contributed by atoms with Gasteiger partial charge in [-0.1, -0.05) is 12.8 Å². The first-order valence-corrected chi connectivity index (χ1v) is 8.98. The summed E-state index contributed by atoms with van der Waals surface area (Å²) in [7, 11) is -4.02. The number of carboxylic acids is 1. The van der Waals surface area contributed by atoms with E-state index in [1.54, 1.807) is 0 Å². The Morgan fingerprint density at radius 1 is 1.21 bits per heavy atom. The number of hydrogen-bond acceptors (Lipinski definition) is 4. The summed E-state index contributed by atoms with van der Waals surface area (Å²) < 4.78 is 39.4. The van der Waals surface area contributed by atoms with Crippen LogP contribution in [0.4, 0.5) is 4.39 Å². The van der Waals surface area contributed by atoms with Gasteiger partial charge in [0.2, 0.25) is 15.9 Å². The predicted octanol–water partition coefficient (Wildman–Crippen LogP) is 1.01. The lowest BCUT2D eigenvalue weighted by Gasteiger charge is -2.27. The molecule has 0 spiro atoms. The van der Waals surface area contributed by atoms with Gasteiger partial charge in [-0.25, -0.2) is 17.6 Å². The van der Waals surface area contributed by atoms with Crippen LogP contribution in [-0.4, -0.2) is 37.0 Å². The molecule has 0 saturated heterocycles. The van der Waals surface area contributed by atoms with Crippen LogP contribution in [0, 0.1) is 5.82 Å². The van der Waals surface area contributed by atoms with E-state index in [0.29, 0.717) is 25.7 Å². The third-order valence-electron chi connectivity index (χ3n) is 4.08. The van der Waals surface area contributed by atoms with Gasteiger partial charge in [-0.05, 0) is 44.0 Å². The monoisotopic (exact) mass is 358 g/mol. The van der Waals surface area contributed by atoms with Gasteiger partial charge in [-0.2, -0.15) is 4.72 Å². The first kappa shape index (κ1) is 18.3. The molecule has 7 nitrogen and oxygen atoms in total. The SMILES string of the molecule is C[C@H](NS(=O)(=O)c1ccc(F)cc1)C(=O)NC1(C(=O)O)CCCC1. The van der Waals surface area contributed by atoms with Crippen molar-refractivity contribution in [1.29, 1.82) is 0 Å². The fraction of sp³-hybridized carbons (Fsp3) is 0.467. The second-order valence-corrected chi connectivity index (χ2v) is 7.59. The number of halogens is 1. The minimum atomic E-state index is -4.02. The van der Waals surface area contributed by atoms with Crippen LogP contribution >= 0.6 is 0 Å². The van der Waals surface area contributed by atoms with E-state index in [4.69, 9.17) is 0 Å². The Labute approximate surface area is 139 Å². The summed E-state index contributed by atoms with van der Waals surface area (Å²) in [5.74, 6) is -2.42. The maximum atomic E-state index is 12.9. The molecule has 24 heavy (non-hydrogen) atoms. The number of carboxylic acid groups (broad SMARTS) is 1. The zero-order chi connectivity index (χ0) is 18.0. The van der Waals surface area contributed by atoms with Gasteiger partial charge in [0.1, 0.15) is 11.4 Å². The van der Waals surface area contributed by atoms with Crippen LogP contribution in [0.1, 0.15) is 32.6 Å². The van der Waals surface area contributed by atoms with Crippen molar-refractivity contribution in [2.24, 2.45) is 0 Å². The minimum absolute atomic E-state index is 0.183. The molecule has 1 atom stereocenters. The van der Waals surface area contributed by atoms with Gasteiger partial charge in [0.25, 0.3) is 0 Å². The molecule has 1 aliphatic carbocycles. The summed E-state index contributed by atoms with van der Waals surface area (Å²) in [4.78, 5) is 23.5. The fourth-order valence-corrected chi connectivity index (χ4v) is 3.89. The Kier molecular flexibility index (Phi) is 5.24. The molecule has 9 heteroatoms. The molecule has 132 valence electrons. The van der Waals surface area contributed by atoms with E-state index < -0.39 is 39.3 Å². The van der Waals surface area contributed by atoms with Crippen LogP contribution in [-0.2, 0) is 19.6 Å². The topological polar surface area (TPSA) is 113 Å². The first-order chi connectivity index (χ1) is 11.2. The molecule has 0 radical (unpaired) electrons. The second-order valence-electron chi connectivity index (χ2n) is 5.88. The number of sulfonamides is 1. The highest BCUT2D eigenvalue weighted by Crippen LogP contribution is 2.30. The van der Waals surface area contributed by atoms with Crippen molar-refractivity contribution < 1.29 is 27.5 Å². The van der Waals surface area contributed by atoms with E-state index in [0.717, 1.165) is 24.3 Å². The summed E-state index contributed by atoms with van der Waals surface area (Å²) in [6, 6.07) is 2.99. The summed E-state index contributed by atoms with van der Waals surface area (Å²) in [5, 5.41) is 11.8. The van der Waals surface area contributed by atoms with Crippen LogP contribution in [0.5, 0.6) is 0 Å². The molecular formula is C15H19FN2O5S. The maximum Gasteiger partial charge on any atom is 0.329 e. The number of benzene rings is 1. The van der Waals surface area contributed by atoms with Crippen LogP contribution < -0.4 is 10.0 Å². The Morgan fingerprint density at radius 2 is 1.75 bits per heavy atom. The van der Waals surface area contributed by atoms with Gasteiger partial charge in [-0.15, -0.1) is 0 Å². The van der Waals surface area contributed by atoms with Crippen molar-refractivity contribution in [3.8, 4) is 0 Å². The van der Waals surface area contributed by atoms with Crippen molar-refractivity contribution in [2.75, 3.05) is 0 Å². The molecule has 3 N–H and O–H groups in total. The number of hydrogen-bond donors (Lipinski definition) is 3. The molecule has 1 fully saturated rings. The summed E-state index contributed by atoms with van der Waals surface area (Å²) >= 11 is 0. The Morgan fingerprint density at radius 3 is 2.25 bits per heavy atom. The molecular weight excluding hydrogens is 339 g/mol. The third-order valence-corrected chi connectivity index (χ3v) is 5.63. The van der Waals surface area contributed by atoms with Gasteiger partial charge < -0.3 is 10.4 Å². The minimum Gasteiger partial charge on any atom is -0.480 e. The van der Waals surface area contributed by atoms with Gasteiger partial charge in [0.05, 0.1) is 10.9 Å². The molecule has 0 heterocycles. The van der Waals surface area contributed by atoms with E-state index >= 15 is 0 Å². The zero-order valence-corrected chi connectivity index (χ0v) is 13.9. The summed E-state index contributed by atoms with van der Waals surface area (Å²) in [6.07, 6.45) is 1.99. The molecule has 0 aromatic heterocycles. The number of nitrogens with one attached hydrogen (secondary N) is 2. The first-order valence-electron chi connectivity index (χ1n) is 7.50. The maximum absolute atomic E-state index is 12.9. The highest BCUT2D eigenvalue weighted by atomic mass is 32.2. The van der Waals surface area contributed by atoms with Gasteiger partial charge in [0.15, 0.2) is 0 Å². The van der Waals surface area contributed by atoms with Gasteiger partial charge in [-0.3, -0.25) is 4.79 Å². The normalized spacial score (nSPS) is 18.1. The molecule has 1 amide bonds. The summed E-state index contributed by atoms with van der Waals surface area (Å²) in [5.41, 5.74) is -1.34. The molecule has 1 aliphatic rings. The van der Waals surface area contributed by atoms with E-state index in [2.05, 4.69) is 10.0 Å². The third kappa shape index (κ3) is 3.90. The number of rotatable bonds is 6. The molecule has 2 rings (SSSR count). The van der Waals surface area contributed by atoms with Crippen molar-refractivity contribution in [2.45, 2.75) is 49.1 Å². The highest BCUT2D eigenvalue weighted by molar-refractivity contribution is 7.89. The smallest absolute Gasteiger partial charge is 0.329 e. The molecule has 0 unspecified atom stereocenters.